The fourth-order valence-corrected chi connectivity index (χ4v) is 3.76. The molecule has 0 atom stereocenters. The summed E-state index contributed by atoms with van der Waals surface area (Å²) in [7, 11) is 0. The van der Waals surface area contributed by atoms with Crippen LogP contribution in [0.25, 0.3) is 5.69 Å². The maximum Gasteiger partial charge on any atom is 0.257 e. The molecule has 0 radical (unpaired) electrons. The highest BCUT2D eigenvalue weighted by molar-refractivity contribution is 6.30. The standard InChI is InChI=1S/C24H23ClN4O2/c1-17-14-21(18(2)29(17)20-7-5-6-19(25)15-20)24(30)27-22-8-3-4-9-23(22)31-13-12-28-11-10-26-16-28/h3-11,14-16H,12-13H2,1-2H3,(H,27,30). The van der Waals surface area contributed by atoms with E-state index in [4.69, 9.17) is 16.3 Å². The molecular weight excluding hydrogens is 412 g/mol. The summed E-state index contributed by atoms with van der Waals surface area (Å²) in [4.78, 5) is 17.1. The maximum absolute atomic E-state index is 13.1. The Bertz CT molecular complexity index is 1200. The number of benzene rings is 2. The highest BCUT2D eigenvalue weighted by Crippen LogP contribution is 2.27. The molecule has 1 N–H and O–H groups in total. The van der Waals surface area contributed by atoms with Crippen molar-refractivity contribution in [1.82, 2.24) is 14.1 Å². The quantitative estimate of drug-likeness (QED) is 0.430. The summed E-state index contributed by atoms with van der Waals surface area (Å²) in [5, 5.41) is 3.64. The molecule has 0 saturated heterocycles. The van der Waals surface area contributed by atoms with E-state index < -0.39 is 0 Å². The molecule has 7 heteroatoms. The number of amides is 1. The number of halogens is 1. The molecule has 0 aliphatic rings. The molecule has 0 aliphatic carbocycles. The number of hydrogen-bond acceptors (Lipinski definition) is 3. The first-order valence-corrected chi connectivity index (χ1v) is 10.3. The third kappa shape index (κ3) is 4.64. The van der Waals surface area contributed by atoms with Crippen LogP contribution in [0.5, 0.6) is 5.75 Å². The van der Waals surface area contributed by atoms with Gasteiger partial charge < -0.3 is 19.2 Å². The number of carbonyl (C=O) groups excluding carboxylic acids is 1. The number of imidazole rings is 1. The van der Waals surface area contributed by atoms with E-state index in [0.29, 0.717) is 35.2 Å². The van der Waals surface area contributed by atoms with Crippen molar-refractivity contribution in [2.75, 3.05) is 11.9 Å². The summed E-state index contributed by atoms with van der Waals surface area (Å²) in [5.41, 5.74) is 3.95. The van der Waals surface area contributed by atoms with E-state index in [1.165, 1.54) is 0 Å². The minimum atomic E-state index is -0.188. The number of ether oxygens (including phenoxy) is 1. The zero-order valence-electron chi connectivity index (χ0n) is 17.4. The Labute approximate surface area is 186 Å². The molecule has 158 valence electrons. The molecule has 4 rings (SSSR count). The lowest BCUT2D eigenvalue weighted by atomic mass is 10.2. The van der Waals surface area contributed by atoms with Crippen molar-refractivity contribution in [2.45, 2.75) is 20.4 Å². The van der Waals surface area contributed by atoms with Gasteiger partial charge in [-0.05, 0) is 50.2 Å². The molecule has 2 heterocycles. The number of anilines is 1. The van der Waals surface area contributed by atoms with Crippen molar-refractivity contribution in [3.8, 4) is 11.4 Å². The number of para-hydroxylation sites is 2. The Morgan fingerprint density at radius 1 is 1.13 bits per heavy atom. The van der Waals surface area contributed by atoms with Gasteiger partial charge in [0.25, 0.3) is 5.91 Å². The minimum absolute atomic E-state index is 0.188. The van der Waals surface area contributed by atoms with Gasteiger partial charge in [-0.25, -0.2) is 4.98 Å². The monoisotopic (exact) mass is 434 g/mol. The Hall–Kier alpha value is -3.51. The van der Waals surface area contributed by atoms with Gasteiger partial charge in [0, 0.05) is 34.5 Å². The number of nitrogens with zero attached hydrogens (tertiary/aromatic N) is 3. The van der Waals surface area contributed by atoms with Gasteiger partial charge in [0.05, 0.1) is 24.1 Å². The molecular formula is C24H23ClN4O2. The van der Waals surface area contributed by atoms with Crippen molar-refractivity contribution >= 4 is 23.2 Å². The molecule has 0 spiro atoms. The zero-order chi connectivity index (χ0) is 21.8. The van der Waals surface area contributed by atoms with Gasteiger partial charge in [0.1, 0.15) is 12.4 Å². The van der Waals surface area contributed by atoms with Crippen LogP contribution in [0.2, 0.25) is 5.02 Å². The van der Waals surface area contributed by atoms with E-state index in [9.17, 15) is 4.79 Å². The van der Waals surface area contributed by atoms with E-state index in [1.54, 1.807) is 12.5 Å². The third-order valence-corrected chi connectivity index (χ3v) is 5.28. The van der Waals surface area contributed by atoms with E-state index >= 15 is 0 Å². The predicted molar refractivity (Wildman–Crippen MR) is 122 cm³/mol. The Kier molecular flexibility index (Phi) is 6.09. The van der Waals surface area contributed by atoms with Gasteiger partial charge in [-0.2, -0.15) is 0 Å². The van der Waals surface area contributed by atoms with Crippen LogP contribution in [0.4, 0.5) is 5.69 Å². The summed E-state index contributed by atoms with van der Waals surface area (Å²) in [5.74, 6) is 0.437. The molecule has 0 bridgehead atoms. The van der Waals surface area contributed by atoms with Crippen LogP contribution in [-0.4, -0.2) is 26.6 Å². The molecule has 0 saturated carbocycles. The number of rotatable bonds is 7. The van der Waals surface area contributed by atoms with Crippen LogP contribution in [0.3, 0.4) is 0 Å². The van der Waals surface area contributed by atoms with E-state index in [-0.39, 0.29) is 5.91 Å². The zero-order valence-corrected chi connectivity index (χ0v) is 18.1. The molecule has 2 aromatic heterocycles. The van der Waals surface area contributed by atoms with Crippen molar-refractivity contribution in [2.24, 2.45) is 0 Å². The summed E-state index contributed by atoms with van der Waals surface area (Å²) >= 11 is 6.16. The highest BCUT2D eigenvalue weighted by atomic mass is 35.5. The maximum atomic E-state index is 13.1. The van der Waals surface area contributed by atoms with E-state index in [0.717, 1.165) is 17.1 Å². The van der Waals surface area contributed by atoms with Gasteiger partial charge >= 0.3 is 0 Å². The predicted octanol–water partition coefficient (Wildman–Crippen LogP) is 5.28. The second-order valence-corrected chi connectivity index (χ2v) is 7.64. The smallest absolute Gasteiger partial charge is 0.257 e. The second-order valence-electron chi connectivity index (χ2n) is 7.20. The topological polar surface area (TPSA) is 61.1 Å². The summed E-state index contributed by atoms with van der Waals surface area (Å²) in [6.45, 7) is 5.03. The number of nitrogens with one attached hydrogen (secondary N) is 1. The first-order chi connectivity index (χ1) is 15.0. The SMILES string of the molecule is Cc1cc(C(=O)Nc2ccccc2OCCn2ccnc2)c(C)n1-c1cccc(Cl)c1. The van der Waals surface area contributed by atoms with E-state index in [2.05, 4.69) is 10.3 Å². The van der Waals surface area contributed by atoms with Crippen LogP contribution >= 0.6 is 11.6 Å². The fraction of sp³-hybridized carbons (Fsp3) is 0.167. The molecule has 31 heavy (non-hydrogen) atoms. The number of aromatic nitrogens is 3. The molecule has 0 aliphatic heterocycles. The first kappa shape index (κ1) is 20.8. The van der Waals surface area contributed by atoms with Gasteiger partial charge in [-0.15, -0.1) is 0 Å². The number of aryl methyl sites for hydroxylation is 1. The van der Waals surface area contributed by atoms with Gasteiger partial charge in [-0.3, -0.25) is 4.79 Å². The molecule has 2 aromatic carbocycles. The molecule has 0 fully saturated rings. The Morgan fingerprint density at radius 3 is 2.74 bits per heavy atom. The summed E-state index contributed by atoms with van der Waals surface area (Å²) in [6.07, 6.45) is 5.35. The lowest BCUT2D eigenvalue weighted by Gasteiger charge is -2.13. The number of carbonyl (C=O) groups is 1. The largest absolute Gasteiger partial charge is 0.490 e. The lowest BCUT2D eigenvalue weighted by Crippen LogP contribution is -2.15. The molecule has 0 unspecified atom stereocenters. The van der Waals surface area contributed by atoms with Gasteiger partial charge in [0.15, 0.2) is 0 Å². The first-order valence-electron chi connectivity index (χ1n) is 9.97. The average molecular weight is 435 g/mol. The second kappa shape index (κ2) is 9.10. The average Bonchev–Trinajstić information content (AvgIpc) is 3.37. The Morgan fingerprint density at radius 2 is 1.97 bits per heavy atom. The third-order valence-electron chi connectivity index (χ3n) is 5.04. The fourth-order valence-electron chi connectivity index (χ4n) is 3.57. The van der Waals surface area contributed by atoms with Crippen molar-refractivity contribution in [1.29, 1.82) is 0 Å². The summed E-state index contributed by atoms with van der Waals surface area (Å²) < 4.78 is 9.86. The van der Waals surface area contributed by atoms with Crippen LogP contribution in [0.1, 0.15) is 21.7 Å². The van der Waals surface area contributed by atoms with Crippen LogP contribution in [-0.2, 0) is 6.54 Å². The van der Waals surface area contributed by atoms with Crippen molar-refractivity contribution < 1.29 is 9.53 Å². The minimum Gasteiger partial charge on any atom is -0.490 e. The van der Waals surface area contributed by atoms with Crippen molar-refractivity contribution in [3.63, 3.8) is 0 Å². The van der Waals surface area contributed by atoms with Crippen LogP contribution in [0.15, 0.2) is 73.3 Å². The lowest BCUT2D eigenvalue weighted by molar-refractivity contribution is 0.102. The highest BCUT2D eigenvalue weighted by Gasteiger charge is 2.18. The van der Waals surface area contributed by atoms with Gasteiger partial charge in [-0.1, -0.05) is 29.8 Å². The number of hydrogen-bond donors (Lipinski definition) is 1. The van der Waals surface area contributed by atoms with Crippen LogP contribution < -0.4 is 10.1 Å². The molecule has 4 aromatic rings. The van der Waals surface area contributed by atoms with Crippen LogP contribution in [0, 0.1) is 13.8 Å². The normalized spacial score (nSPS) is 10.8. The summed E-state index contributed by atoms with van der Waals surface area (Å²) in [6, 6.07) is 16.9. The van der Waals surface area contributed by atoms with E-state index in [1.807, 2.05) is 83.8 Å². The van der Waals surface area contributed by atoms with Gasteiger partial charge in [0.2, 0.25) is 0 Å². The van der Waals surface area contributed by atoms with Crippen molar-refractivity contribution in [3.05, 3.63) is 95.3 Å². The molecule has 1 amide bonds. The molecule has 6 nitrogen and oxygen atoms in total. The Balaban J connectivity index is 1.52.